The molecule has 3 nitrogen and oxygen atoms in total. The van der Waals surface area contributed by atoms with E-state index in [1.54, 1.807) is 0 Å². The van der Waals surface area contributed by atoms with Gasteiger partial charge in [-0.15, -0.1) is 0 Å². The Hall–Kier alpha value is -1.37. The fourth-order valence-corrected chi connectivity index (χ4v) is 3.13. The minimum atomic E-state index is -0.392. The maximum Gasteiger partial charge on any atom is 0.129 e. The van der Waals surface area contributed by atoms with Gasteiger partial charge in [0.15, 0.2) is 0 Å². The molecule has 1 unspecified atom stereocenters. The number of benzene rings is 1. The molecule has 0 amide bonds. The number of hydrogen-bond donors (Lipinski definition) is 0. The van der Waals surface area contributed by atoms with Gasteiger partial charge in [-0.05, 0) is 43.5 Å². The van der Waals surface area contributed by atoms with Crippen molar-refractivity contribution in [3.05, 3.63) is 35.4 Å². The largest absolute Gasteiger partial charge is 0.377 e. The molecule has 2 saturated heterocycles. The van der Waals surface area contributed by atoms with Crippen molar-refractivity contribution in [3.8, 4) is 6.07 Å². The first-order valence-corrected chi connectivity index (χ1v) is 7.01. The molecule has 1 aromatic rings. The number of rotatable bonds is 2. The van der Waals surface area contributed by atoms with Crippen LogP contribution in [0.15, 0.2) is 24.3 Å². The summed E-state index contributed by atoms with van der Waals surface area (Å²) in [6.07, 6.45) is 2.52. The van der Waals surface area contributed by atoms with Gasteiger partial charge in [0.05, 0.1) is 19.3 Å². The second kappa shape index (κ2) is 4.96. The van der Waals surface area contributed by atoms with E-state index in [9.17, 15) is 5.26 Å². The van der Waals surface area contributed by atoms with Crippen LogP contribution in [0, 0.1) is 11.3 Å². The van der Waals surface area contributed by atoms with Crippen LogP contribution in [0.4, 0.5) is 0 Å². The van der Waals surface area contributed by atoms with Crippen LogP contribution in [0.5, 0.6) is 0 Å². The smallest absolute Gasteiger partial charge is 0.129 e. The third-order valence-electron chi connectivity index (χ3n) is 4.45. The summed E-state index contributed by atoms with van der Waals surface area (Å²) in [6.45, 7) is 3.40. The zero-order valence-corrected chi connectivity index (χ0v) is 11.4. The molecule has 1 aromatic carbocycles. The molecule has 0 saturated carbocycles. The van der Waals surface area contributed by atoms with Gasteiger partial charge in [0.2, 0.25) is 0 Å². The average molecular weight is 256 g/mol. The van der Waals surface area contributed by atoms with Gasteiger partial charge in [-0.1, -0.05) is 24.3 Å². The average Bonchev–Trinajstić information content (AvgIpc) is 2.39. The highest BCUT2D eigenvalue weighted by Gasteiger charge is 2.41. The molecular formula is C16H20N2O. The first-order chi connectivity index (χ1) is 9.23. The number of nitriles is 1. The van der Waals surface area contributed by atoms with Crippen LogP contribution in [-0.2, 0) is 10.2 Å². The Morgan fingerprint density at radius 1 is 1.42 bits per heavy atom. The fraction of sp³-hybridized carbons (Fsp3) is 0.562. The van der Waals surface area contributed by atoms with Crippen molar-refractivity contribution in [2.24, 2.45) is 0 Å². The van der Waals surface area contributed by atoms with Gasteiger partial charge in [-0.25, -0.2) is 0 Å². The van der Waals surface area contributed by atoms with Crippen LogP contribution in [-0.4, -0.2) is 38.3 Å². The Morgan fingerprint density at radius 3 is 2.89 bits per heavy atom. The van der Waals surface area contributed by atoms with Crippen LogP contribution in [0.25, 0.3) is 0 Å². The van der Waals surface area contributed by atoms with Crippen molar-refractivity contribution < 1.29 is 4.74 Å². The normalized spacial score (nSPS) is 26.4. The van der Waals surface area contributed by atoms with Crippen LogP contribution in [0.3, 0.4) is 0 Å². The summed E-state index contributed by atoms with van der Waals surface area (Å²) >= 11 is 0. The summed E-state index contributed by atoms with van der Waals surface area (Å²) in [5.41, 5.74) is 2.12. The number of nitrogens with zero attached hydrogens (tertiary/aromatic N) is 2. The molecule has 3 heteroatoms. The lowest BCUT2D eigenvalue weighted by molar-refractivity contribution is -0.0298. The monoisotopic (exact) mass is 256 g/mol. The first-order valence-electron chi connectivity index (χ1n) is 7.01. The molecule has 100 valence electrons. The van der Waals surface area contributed by atoms with Crippen LogP contribution in [0.2, 0.25) is 0 Å². The quantitative estimate of drug-likeness (QED) is 0.814. The molecule has 0 spiro atoms. The van der Waals surface area contributed by atoms with Gasteiger partial charge in [-0.2, -0.15) is 5.26 Å². The predicted molar refractivity (Wildman–Crippen MR) is 74.0 cm³/mol. The summed E-state index contributed by atoms with van der Waals surface area (Å²) in [6, 6.07) is 11.0. The molecule has 0 aromatic heterocycles. The standard InChI is InChI=1S/C16H20N2O/c1-18-7-3-5-14(9-18)13-4-2-6-15(8-13)16(10-17)11-19-12-16/h2,4,6,8,14H,3,5,7,9,11-12H2,1H3. The maximum atomic E-state index is 9.40. The Balaban J connectivity index is 1.86. The number of piperidine rings is 1. The Labute approximate surface area is 114 Å². The third kappa shape index (κ3) is 2.27. The summed E-state index contributed by atoms with van der Waals surface area (Å²) in [4.78, 5) is 2.40. The van der Waals surface area contributed by atoms with Gasteiger partial charge >= 0.3 is 0 Å². The highest BCUT2D eigenvalue weighted by atomic mass is 16.5. The lowest BCUT2D eigenvalue weighted by atomic mass is 9.78. The van der Waals surface area contributed by atoms with Gasteiger partial charge in [0, 0.05) is 6.54 Å². The molecule has 2 aliphatic rings. The minimum Gasteiger partial charge on any atom is -0.377 e. The fourth-order valence-electron chi connectivity index (χ4n) is 3.13. The topological polar surface area (TPSA) is 36.3 Å². The molecule has 0 N–H and O–H groups in total. The minimum absolute atomic E-state index is 0.392. The van der Waals surface area contributed by atoms with Gasteiger partial charge < -0.3 is 9.64 Å². The number of ether oxygens (including phenoxy) is 1. The van der Waals surface area contributed by atoms with E-state index in [0.717, 1.165) is 12.1 Å². The molecular weight excluding hydrogens is 236 g/mol. The first kappa shape index (κ1) is 12.7. The van der Waals surface area contributed by atoms with Crippen molar-refractivity contribution in [2.75, 3.05) is 33.4 Å². The molecule has 0 bridgehead atoms. The van der Waals surface area contributed by atoms with Gasteiger partial charge in [0.25, 0.3) is 0 Å². The van der Waals surface area contributed by atoms with Gasteiger partial charge in [-0.3, -0.25) is 0 Å². The highest BCUT2D eigenvalue weighted by Crippen LogP contribution is 2.34. The lowest BCUT2D eigenvalue weighted by Crippen LogP contribution is -2.45. The number of hydrogen-bond acceptors (Lipinski definition) is 3. The molecule has 3 rings (SSSR count). The van der Waals surface area contributed by atoms with Crippen molar-refractivity contribution in [2.45, 2.75) is 24.2 Å². The SMILES string of the molecule is CN1CCCC(c2cccc(C3(C#N)COC3)c2)C1. The third-order valence-corrected chi connectivity index (χ3v) is 4.45. The zero-order chi connectivity index (χ0) is 13.3. The second-order valence-corrected chi connectivity index (χ2v) is 5.91. The summed E-state index contributed by atoms with van der Waals surface area (Å²) in [5.74, 6) is 0.607. The van der Waals surface area contributed by atoms with E-state index in [0.29, 0.717) is 19.1 Å². The van der Waals surface area contributed by atoms with E-state index in [1.807, 2.05) is 0 Å². The van der Waals surface area contributed by atoms with Crippen molar-refractivity contribution in [3.63, 3.8) is 0 Å². The summed E-state index contributed by atoms with van der Waals surface area (Å²) in [5, 5.41) is 9.40. The molecule has 1 atom stereocenters. The van der Waals surface area contributed by atoms with E-state index in [2.05, 4.69) is 42.3 Å². The van der Waals surface area contributed by atoms with E-state index >= 15 is 0 Å². The Bertz CT molecular complexity index is 502. The second-order valence-electron chi connectivity index (χ2n) is 5.91. The molecule has 19 heavy (non-hydrogen) atoms. The molecule has 2 aliphatic heterocycles. The van der Waals surface area contributed by atoms with Crippen LogP contribution in [0.1, 0.15) is 29.9 Å². The lowest BCUT2D eigenvalue weighted by Gasteiger charge is -2.36. The van der Waals surface area contributed by atoms with Crippen LogP contribution >= 0.6 is 0 Å². The van der Waals surface area contributed by atoms with Crippen molar-refractivity contribution in [1.82, 2.24) is 4.90 Å². The highest BCUT2D eigenvalue weighted by molar-refractivity contribution is 5.39. The van der Waals surface area contributed by atoms with Crippen molar-refractivity contribution >= 4 is 0 Å². The van der Waals surface area contributed by atoms with E-state index in [-0.39, 0.29) is 0 Å². The van der Waals surface area contributed by atoms with Crippen molar-refractivity contribution in [1.29, 1.82) is 5.26 Å². The maximum absolute atomic E-state index is 9.40. The Kier molecular flexibility index (Phi) is 3.30. The molecule has 0 radical (unpaired) electrons. The van der Waals surface area contributed by atoms with E-state index < -0.39 is 5.41 Å². The van der Waals surface area contributed by atoms with Crippen LogP contribution < -0.4 is 0 Å². The van der Waals surface area contributed by atoms with Gasteiger partial charge in [0.1, 0.15) is 5.41 Å². The molecule has 2 heterocycles. The number of likely N-dealkylation sites (tertiary alicyclic amines) is 1. The van der Waals surface area contributed by atoms with E-state index in [1.165, 1.54) is 24.9 Å². The molecule has 0 aliphatic carbocycles. The number of likely N-dealkylation sites (N-methyl/N-ethyl adjacent to an activating group) is 1. The summed E-state index contributed by atoms with van der Waals surface area (Å²) < 4.78 is 5.26. The summed E-state index contributed by atoms with van der Waals surface area (Å²) in [7, 11) is 2.19. The molecule has 2 fully saturated rings. The Morgan fingerprint density at radius 2 is 2.26 bits per heavy atom. The zero-order valence-electron chi connectivity index (χ0n) is 11.4. The van der Waals surface area contributed by atoms with E-state index in [4.69, 9.17) is 4.74 Å². The predicted octanol–water partition coefficient (Wildman–Crippen LogP) is 2.29.